The van der Waals surface area contributed by atoms with Crippen molar-refractivity contribution in [2.75, 3.05) is 16.2 Å². The zero-order chi connectivity index (χ0) is 19.7. The monoisotopic (exact) mass is 400 g/mol. The summed E-state index contributed by atoms with van der Waals surface area (Å²) in [6.45, 7) is 2.10. The number of carbonyl (C=O) groups excluding carboxylic acids is 1. The van der Waals surface area contributed by atoms with E-state index in [0.717, 1.165) is 29.8 Å². The summed E-state index contributed by atoms with van der Waals surface area (Å²) in [6, 6.07) is 11.9. The molecule has 2 aromatic rings. The van der Waals surface area contributed by atoms with Gasteiger partial charge in [0.1, 0.15) is 5.75 Å². The first-order chi connectivity index (χ1) is 13.4. The molecule has 0 unspecified atom stereocenters. The number of carbonyl (C=O) groups is 1. The fourth-order valence-corrected chi connectivity index (χ4v) is 5.00. The van der Waals surface area contributed by atoms with Crippen LogP contribution in [0.3, 0.4) is 0 Å². The molecule has 0 saturated heterocycles. The topological polar surface area (TPSA) is 75.7 Å². The van der Waals surface area contributed by atoms with Crippen molar-refractivity contribution in [3.8, 4) is 5.75 Å². The number of ether oxygens (including phenoxy) is 1. The van der Waals surface area contributed by atoms with Gasteiger partial charge in [-0.1, -0.05) is 0 Å². The summed E-state index contributed by atoms with van der Waals surface area (Å²) in [5.74, 6) is 0.726. The van der Waals surface area contributed by atoms with Crippen LogP contribution in [0.4, 0.5) is 11.4 Å². The second kappa shape index (κ2) is 7.47. The number of nitrogens with zero attached hydrogens (tertiary/aromatic N) is 1. The normalized spacial score (nSPS) is 16.8. The number of anilines is 2. The molecule has 2 aliphatic rings. The molecule has 1 aliphatic heterocycles. The summed E-state index contributed by atoms with van der Waals surface area (Å²) in [7, 11) is -3.70. The molecule has 0 aromatic heterocycles. The second-order valence-corrected chi connectivity index (χ2v) is 9.05. The van der Waals surface area contributed by atoms with Gasteiger partial charge in [0.05, 0.1) is 11.0 Å². The molecule has 1 N–H and O–H groups in total. The van der Waals surface area contributed by atoms with E-state index in [1.165, 1.54) is 19.8 Å². The van der Waals surface area contributed by atoms with Crippen LogP contribution in [-0.2, 0) is 21.2 Å². The number of hydrogen-bond acceptors (Lipinski definition) is 4. The predicted molar refractivity (Wildman–Crippen MR) is 108 cm³/mol. The van der Waals surface area contributed by atoms with E-state index in [-0.39, 0.29) is 16.9 Å². The van der Waals surface area contributed by atoms with Gasteiger partial charge in [-0.2, -0.15) is 0 Å². The molecular weight excluding hydrogens is 376 g/mol. The lowest BCUT2D eigenvalue weighted by atomic mass is 10.2. The standard InChI is InChI=1S/C21H24N2O4S/c1-15(24)23-13-12-16-14-20(10-11-21(16)23)28(25,26)22-17-6-8-19(9-7-17)27-18-4-2-3-5-18/h6-11,14,18,22H,2-5,12-13H2,1H3. The molecule has 0 atom stereocenters. The van der Waals surface area contributed by atoms with Crippen molar-refractivity contribution < 1.29 is 17.9 Å². The maximum absolute atomic E-state index is 12.8. The van der Waals surface area contributed by atoms with Gasteiger partial charge in [-0.3, -0.25) is 9.52 Å². The summed E-state index contributed by atoms with van der Waals surface area (Å²) in [6.07, 6.45) is 5.48. The smallest absolute Gasteiger partial charge is 0.261 e. The fraction of sp³-hybridized carbons (Fsp3) is 0.381. The highest BCUT2D eigenvalue weighted by molar-refractivity contribution is 7.92. The van der Waals surface area contributed by atoms with Crippen LogP contribution in [0.1, 0.15) is 38.2 Å². The number of benzene rings is 2. The van der Waals surface area contributed by atoms with Crippen molar-refractivity contribution in [1.29, 1.82) is 0 Å². The Bertz CT molecular complexity index is 980. The fourth-order valence-electron chi connectivity index (χ4n) is 3.89. The molecular formula is C21H24N2O4S. The van der Waals surface area contributed by atoms with Crippen LogP contribution in [-0.4, -0.2) is 27.0 Å². The van der Waals surface area contributed by atoms with Gasteiger partial charge in [0, 0.05) is 24.8 Å². The van der Waals surface area contributed by atoms with Crippen molar-refractivity contribution >= 4 is 27.3 Å². The molecule has 0 spiro atoms. The highest BCUT2D eigenvalue weighted by Crippen LogP contribution is 2.31. The van der Waals surface area contributed by atoms with E-state index in [0.29, 0.717) is 18.7 Å². The quantitative estimate of drug-likeness (QED) is 0.830. The first-order valence-corrected chi connectivity index (χ1v) is 11.1. The highest BCUT2D eigenvalue weighted by atomic mass is 32.2. The molecule has 0 radical (unpaired) electrons. The van der Waals surface area contributed by atoms with E-state index in [9.17, 15) is 13.2 Å². The molecule has 2 aromatic carbocycles. The van der Waals surface area contributed by atoms with Crippen molar-refractivity contribution in [2.45, 2.75) is 50.0 Å². The highest BCUT2D eigenvalue weighted by Gasteiger charge is 2.25. The van der Waals surface area contributed by atoms with Crippen molar-refractivity contribution in [1.82, 2.24) is 0 Å². The lowest BCUT2D eigenvalue weighted by Gasteiger charge is -2.15. The van der Waals surface area contributed by atoms with E-state index in [4.69, 9.17) is 4.74 Å². The predicted octanol–water partition coefficient (Wildman–Crippen LogP) is 3.72. The maximum atomic E-state index is 12.8. The average Bonchev–Trinajstić information content (AvgIpc) is 3.32. The van der Waals surface area contributed by atoms with Crippen LogP contribution in [0.25, 0.3) is 0 Å². The number of sulfonamides is 1. The van der Waals surface area contributed by atoms with Crippen LogP contribution in [0.5, 0.6) is 5.75 Å². The first-order valence-electron chi connectivity index (χ1n) is 9.63. The largest absolute Gasteiger partial charge is 0.490 e. The first kappa shape index (κ1) is 18.8. The Morgan fingerprint density at radius 1 is 1.11 bits per heavy atom. The Hall–Kier alpha value is -2.54. The molecule has 28 heavy (non-hydrogen) atoms. The van der Waals surface area contributed by atoms with Gasteiger partial charge < -0.3 is 9.64 Å². The molecule has 1 saturated carbocycles. The van der Waals surface area contributed by atoms with E-state index in [1.54, 1.807) is 47.4 Å². The summed E-state index contributed by atoms with van der Waals surface area (Å²) >= 11 is 0. The number of fused-ring (bicyclic) bond motifs is 1. The van der Waals surface area contributed by atoms with Crippen LogP contribution in [0.2, 0.25) is 0 Å². The third-order valence-corrected chi connectivity index (χ3v) is 6.73. The minimum absolute atomic E-state index is 0.0348. The summed E-state index contributed by atoms with van der Waals surface area (Å²) in [4.78, 5) is 13.5. The van der Waals surface area contributed by atoms with Gasteiger partial charge in [0.2, 0.25) is 5.91 Å². The minimum atomic E-state index is -3.70. The van der Waals surface area contributed by atoms with Crippen LogP contribution < -0.4 is 14.4 Å². The summed E-state index contributed by atoms with van der Waals surface area (Å²) in [5.41, 5.74) is 2.16. The van der Waals surface area contributed by atoms with E-state index < -0.39 is 10.0 Å². The van der Waals surface area contributed by atoms with Gasteiger partial charge >= 0.3 is 0 Å². The van der Waals surface area contributed by atoms with Crippen molar-refractivity contribution in [2.24, 2.45) is 0 Å². The van der Waals surface area contributed by atoms with Crippen molar-refractivity contribution in [3.63, 3.8) is 0 Å². The Labute approximate surface area is 165 Å². The minimum Gasteiger partial charge on any atom is -0.490 e. The van der Waals surface area contributed by atoms with E-state index >= 15 is 0 Å². The van der Waals surface area contributed by atoms with Crippen LogP contribution in [0, 0.1) is 0 Å². The van der Waals surface area contributed by atoms with Gasteiger partial charge in [0.15, 0.2) is 0 Å². The van der Waals surface area contributed by atoms with Gasteiger partial charge in [-0.25, -0.2) is 8.42 Å². The summed E-state index contributed by atoms with van der Waals surface area (Å²) in [5, 5.41) is 0. The number of rotatable bonds is 5. The molecule has 1 amide bonds. The Morgan fingerprint density at radius 2 is 1.82 bits per heavy atom. The van der Waals surface area contributed by atoms with Gasteiger partial charge in [-0.15, -0.1) is 0 Å². The molecule has 4 rings (SSSR count). The lowest BCUT2D eigenvalue weighted by molar-refractivity contribution is -0.116. The van der Waals surface area contributed by atoms with E-state index in [1.807, 2.05) is 0 Å². The second-order valence-electron chi connectivity index (χ2n) is 7.37. The zero-order valence-corrected chi connectivity index (χ0v) is 16.7. The van der Waals surface area contributed by atoms with Gasteiger partial charge in [0.25, 0.3) is 10.0 Å². The molecule has 7 heteroatoms. The SMILES string of the molecule is CC(=O)N1CCc2cc(S(=O)(=O)Nc3ccc(OC4CCCC4)cc3)ccc21. The summed E-state index contributed by atoms with van der Waals surface area (Å²) < 4.78 is 34.0. The molecule has 1 heterocycles. The van der Waals surface area contributed by atoms with Gasteiger partial charge in [-0.05, 0) is 80.1 Å². The Balaban J connectivity index is 1.47. The third-order valence-electron chi connectivity index (χ3n) is 5.35. The lowest BCUT2D eigenvalue weighted by Crippen LogP contribution is -2.25. The Morgan fingerprint density at radius 3 is 2.50 bits per heavy atom. The Kier molecular flexibility index (Phi) is 5.02. The third kappa shape index (κ3) is 3.85. The van der Waals surface area contributed by atoms with Crippen molar-refractivity contribution in [3.05, 3.63) is 48.0 Å². The molecule has 148 valence electrons. The van der Waals surface area contributed by atoms with Crippen LogP contribution >= 0.6 is 0 Å². The zero-order valence-electron chi connectivity index (χ0n) is 15.8. The van der Waals surface area contributed by atoms with Crippen LogP contribution in [0.15, 0.2) is 47.4 Å². The maximum Gasteiger partial charge on any atom is 0.261 e. The van der Waals surface area contributed by atoms with E-state index in [2.05, 4.69) is 4.72 Å². The molecule has 1 fully saturated rings. The number of nitrogens with one attached hydrogen (secondary N) is 1. The number of amides is 1. The molecule has 0 bridgehead atoms. The number of hydrogen-bond donors (Lipinski definition) is 1. The average molecular weight is 401 g/mol. The molecule has 1 aliphatic carbocycles. The molecule has 6 nitrogen and oxygen atoms in total.